The lowest BCUT2D eigenvalue weighted by Gasteiger charge is -2.18. The topological polar surface area (TPSA) is 126 Å². The lowest BCUT2D eigenvalue weighted by molar-refractivity contribution is -0.116. The van der Waals surface area contributed by atoms with Crippen LogP contribution in [0.4, 0.5) is 5.13 Å². The van der Waals surface area contributed by atoms with Gasteiger partial charge in [0, 0.05) is 30.8 Å². The normalized spacial score (nSPS) is 11.8. The first kappa shape index (κ1) is 21.7. The summed E-state index contributed by atoms with van der Waals surface area (Å²) in [6.45, 7) is 6.51. The van der Waals surface area contributed by atoms with Gasteiger partial charge < -0.3 is 10.3 Å². The molecule has 0 spiro atoms. The zero-order valence-electron chi connectivity index (χ0n) is 18.3. The number of carbonyl (C=O) groups is 1. The van der Waals surface area contributed by atoms with E-state index in [0.29, 0.717) is 17.4 Å². The van der Waals surface area contributed by atoms with Crippen LogP contribution in [0.3, 0.4) is 0 Å². The van der Waals surface area contributed by atoms with Gasteiger partial charge in [0.25, 0.3) is 5.56 Å². The number of amides is 1. The van der Waals surface area contributed by atoms with Crippen molar-refractivity contribution in [3.05, 3.63) is 61.9 Å². The van der Waals surface area contributed by atoms with Crippen LogP contribution < -0.4 is 16.6 Å². The van der Waals surface area contributed by atoms with Crippen molar-refractivity contribution in [2.75, 3.05) is 5.32 Å². The number of aromatic amines is 2. The number of hydrogen-bond acceptors (Lipinski definition) is 6. The van der Waals surface area contributed by atoms with Crippen LogP contribution in [-0.2, 0) is 23.7 Å². The zero-order valence-corrected chi connectivity index (χ0v) is 19.1. The average Bonchev–Trinajstić information content (AvgIpc) is 3.38. The number of H-pyrrole nitrogens is 2. The fraction of sp³-hybridized carbons (Fsp3) is 0.318. The number of benzene rings is 1. The van der Waals surface area contributed by atoms with Crippen molar-refractivity contribution in [2.45, 2.75) is 39.0 Å². The lowest BCUT2D eigenvalue weighted by Crippen LogP contribution is -2.28. The van der Waals surface area contributed by atoms with Gasteiger partial charge >= 0.3 is 5.69 Å². The number of hydrogen-bond donors (Lipinski definition) is 3. The van der Waals surface area contributed by atoms with E-state index in [2.05, 4.69) is 58.2 Å². The number of thiazole rings is 1. The van der Waals surface area contributed by atoms with Crippen molar-refractivity contribution in [3.63, 3.8) is 0 Å². The minimum atomic E-state index is -0.536. The molecular weight excluding hydrogens is 428 g/mol. The Balaban J connectivity index is 1.40. The molecule has 3 N–H and O–H groups in total. The van der Waals surface area contributed by atoms with Crippen molar-refractivity contribution >= 4 is 33.5 Å². The average molecular weight is 453 g/mol. The van der Waals surface area contributed by atoms with Crippen LogP contribution in [0, 0.1) is 0 Å². The Morgan fingerprint density at radius 1 is 1.12 bits per heavy atom. The number of fused-ring (bicyclic) bond motifs is 1. The third-order valence-corrected chi connectivity index (χ3v) is 5.95. The SMILES string of the molecule is Cn1c(=O)[nH]c(=O)c2[nH]c(CCC(=O)Nc3nc(-c4ccc(C(C)(C)C)cc4)cs3)nc21. The lowest BCUT2D eigenvalue weighted by atomic mass is 9.86. The van der Waals surface area contributed by atoms with Gasteiger partial charge in [0.15, 0.2) is 10.8 Å². The summed E-state index contributed by atoms with van der Waals surface area (Å²) in [5.74, 6) is 0.248. The molecule has 0 fully saturated rings. The van der Waals surface area contributed by atoms with E-state index >= 15 is 0 Å². The van der Waals surface area contributed by atoms with E-state index in [9.17, 15) is 14.4 Å². The summed E-state index contributed by atoms with van der Waals surface area (Å²) >= 11 is 1.36. The number of nitrogens with one attached hydrogen (secondary N) is 3. The van der Waals surface area contributed by atoms with Crippen LogP contribution in [0.15, 0.2) is 39.2 Å². The third kappa shape index (κ3) is 4.40. The summed E-state index contributed by atoms with van der Waals surface area (Å²) in [5, 5.41) is 5.24. The number of carbonyl (C=O) groups excluding carboxylic acids is 1. The van der Waals surface area contributed by atoms with E-state index in [1.165, 1.54) is 28.5 Å². The molecule has 1 amide bonds. The van der Waals surface area contributed by atoms with Crippen molar-refractivity contribution in [1.29, 1.82) is 0 Å². The quantitative estimate of drug-likeness (QED) is 0.429. The first-order valence-electron chi connectivity index (χ1n) is 10.2. The number of aromatic nitrogens is 5. The van der Waals surface area contributed by atoms with Gasteiger partial charge in [-0.2, -0.15) is 0 Å². The van der Waals surface area contributed by atoms with Crippen molar-refractivity contribution in [3.8, 4) is 11.3 Å². The van der Waals surface area contributed by atoms with Crippen LogP contribution >= 0.6 is 11.3 Å². The van der Waals surface area contributed by atoms with Crippen LogP contribution in [0.5, 0.6) is 0 Å². The molecule has 0 saturated carbocycles. The summed E-state index contributed by atoms with van der Waals surface area (Å²) in [4.78, 5) is 49.9. The van der Waals surface area contributed by atoms with Gasteiger partial charge in [-0.3, -0.25) is 19.1 Å². The molecule has 166 valence electrons. The number of nitrogens with zero attached hydrogens (tertiary/aromatic N) is 3. The summed E-state index contributed by atoms with van der Waals surface area (Å²) in [6, 6.07) is 8.28. The molecule has 0 bridgehead atoms. The van der Waals surface area contributed by atoms with Crippen LogP contribution in [-0.4, -0.2) is 30.4 Å². The zero-order chi connectivity index (χ0) is 23.0. The Bertz CT molecular complexity index is 1400. The van der Waals surface area contributed by atoms with E-state index in [4.69, 9.17) is 0 Å². The highest BCUT2D eigenvalue weighted by Gasteiger charge is 2.15. The van der Waals surface area contributed by atoms with Crippen LogP contribution in [0.25, 0.3) is 22.4 Å². The van der Waals surface area contributed by atoms with E-state index in [1.807, 2.05) is 17.5 Å². The maximum absolute atomic E-state index is 12.4. The number of imidazole rings is 1. The van der Waals surface area contributed by atoms with E-state index < -0.39 is 11.2 Å². The molecule has 32 heavy (non-hydrogen) atoms. The predicted octanol–water partition coefficient (Wildman–Crippen LogP) is 2.94. The Hall–Kier alpha value is -3.53. The molecule has 3 heterocycles. The molecule has 0 aliphatic heterocycles. The fourth-order valence-electron chi connectivity index (χ4n) is 3.29. The van der Waals surface area contributed by atoms with Gasteiger partial charge in [-0.25, -0.2) is 14.8 Å². The number of aryl methyl sites for hydroxylation is 2. The maximum atomic E-state index is 12.4. The molecule has 10 heteroatoms. The van der Waals surface area contributed by atoms with E-state index in [1.54, 1.807) is 0 Å². The molecule has 0 aliphatic rings. The molecule has 0 atom stereocenters. The van der Waals surface area contributed by atoms with Gasteiger partial charge in [0.1, 0.15) is 11.3 Å². The Morgan fingerprint density at radius 3 is 2.53 bits per heavy atom. The molecule has 0 radical (unpaired) electrons. The molecular formula is C22H24N6O3S. The van der Waals surface area contributed by atoms with Crippen molar-refractivity contribution < 1.29 is 4.79 Å². The van der Waals surface area contributed by atoms with Gasteiger partial charge in [-0.15, -0.1) is 11.3 Å². The van der Waals surface area contributed by atoms with E-state index in [0.717, 1.165) is 11.3 Å². The van der Waals surface area contributed by atoms with Crippen molar-refractivity contribution in [2.24, 2.45) is 7.05 Å². The summed E-state index contributed by atoms with van der Waals surface area (Å²) in [5.41, 5.74) is 2.54. The molecule has 9 nitrogen and oxygen atoms in total. The Kier molecular flexibility index (Phi) is 5.55. The molecule has 4 rings (SSSR count). The molecule has 4 aromatic rings. The monoisotopic (exact) mass is 452 g/mol. The standard InChI is InChI=1S/C22H24N6O3S/c1-22(2,3)13-7-5-12(6-8-13)14-11-32-20(23-14)26-16(29)10-9-15-24-17-18(25-15)28(4)21(31)27-19(17)30/h5-8,11H,9-10H2,1-4H3,(H,24,25)(H,23,26,29)(H,27,30,31). The second-order valence-corrected chi connectivity index (χ2v) is 9.47. The summed E-state index contributed by atoms with van der Waals surface area (Å²) < 4.78 is 1.25. The molecule has 0 unspecified atom stereocenters. The number of rotatable bonds is 5. The van der Waals surface area contributed by atoms with E-state index in [-0.39, 0.29) is 28.9 Å². The highest BCUT2D eigenvalue weighted by molar-refractivity contribution is 7.14. The first-order chi connectivity index (χ1) is 15.1. The van der Waals surface area contributed by atoms with Crippen molar-refractivity contribution in [1.82, 2.24) is 24.5 Å². The molecule has 1 aromatic carbocycles. The first-order valence-corrected chi connectivity index (χ1v) is 11.0. The predicted molar refractivity (Wildman–Crippen MR) is 125 cm³/mol. The second-order valence-electron chi connectivity index (χ2n) is 8.61. The highest BCUT2D eigenvalue weighted by Crippen LogP contribution is 2.28. The van der Waals surface area contributed by atoms with Crippen LogP contribution in [0.1, 0.15) is 38.6 Å². The smallest absolute Gasteiger partial charge is 0.329 e. The summed E-state index contributed by atoms with van der Waals surface area (Å²) in [6.07, 6.45) is 0.446. The van der Waals surface area contributed by atoms with Gasteiger partial charge in [-0.1, -0.05) is 45.0 Å². The molecule has 0 saturated heterocycles. The maximum Gasteiger partial charge on any atom is 0.329 e. The Labute approximate surface area is 187 Å². The van der Waals surface area contributed by atoms with Gasteiger partial charge in [-0.05, 0) is 11.0 Å². The minimum Gasteiger partial charge on any atom is -0.336 e. The third-order valence-electron chi connectivity index (χ3n) is 5.19. The minimum absolute atomic E-state index is 0.0851. The highest BCUT2D eigenvalue weighted by atomic mass is 32.1. The largest absolute Gasteiger partial charge is 0.336 e. The molecule has 3 aromatic heterocycles. The fourth-order valence-corrected chi connectivity index (χ4v) is 4.03. The Morgan fingerprint density at radius 2 is 1.84 bits per heavy atom. The van der Waals surface area contributed by atoms with Crippen LogP contribution in [0.2, 0.25) is 0 Å². The molecule has 0 aliphatic carbocycles. The second kappa shape index (κ2) is 8.19. The number of anilines is 1. The summed E-state index contributed by atoms with van der Waals surface area (Å²) in [7, 11) is 1.52. The van der Waals surface area contributed by atoms with Gasteiger partial charge in [0.05, 0.1) is 5.69 Å². The van der Waals surface area contributed by atoms with Gasteiger partial charge in [0.2, 0.25) is 5.91 Å².